The minimum Gasteiger partial charge on any atom is -0.493 e. The quantitative estimate of drug-likeness (QED) is 0.648. The van der Waals surface area contributed by atoms with Crippen LogP contribution in [0.3, 0.4) is 0 Å². The second-order valence-corrected chi connectivity index (χ2v) is 10.2. The molecule has 0 bridgehead atoms. The molecule has 0 saturated carbocycles. The van der Waals surface area contributed by atoms with Crippen molar-refractivity contribution in [2.45, 2.75) is 17.2 Å². The fourth-order valence-electron chi connectivity index (χ4n) is 4.11. The van der Waals surface area contributed by atoms with Gasteiger partial charge in [-0.15, -0.1) is 0 Å². The topological polar surface area (TPSA) is 82.4 Å². The molecular formula is C21H22BrN3O3S. The van der Waals surface area contributed by atoms with Gasteiger partial charge in [-0.25, -0.2) is 13.1 Å². The molecule has 2 aliphatic heterocycles. The highest BCUT2D eigenvalue weighted by atomic mass is 79.9. The zero-order chi connectivity index (χ0) is 20.4. The number of nitrogens with one attached hydrogen (secondary N) is 1. The Morgan fingerprint density at radius 2 is 2.00 bits per heavy atom. The summed E-state index contributed by atoms with van der Waals surface area (Å²) in [6.45, 7) is 3.75. The van der Waals surface area contributed by atoms with Gasteiger partial charge in [0.15, 0.2) is 0 Å². The second kappa shape index (κ2) is 8.44. The fraction of sp³-hybridized carbons (Fsp3) is 0.381. The highest BCUT2D eigenvalue weighted by Crippen LogP contribution is 2.41. The number of nitriles is 1. The Morgan fingerprint density at radius 1 is 1.21 bits per heavy atom. The van der Waals surface area contributed by atoms with Gasteiger partial charge in [0.25, 0.3) is 0 Å². The maximum atomic E-state index is 12.4. The Kier molecular flexibility index (Phi) is 5.93. The normalized spacial score (nSPS) is 21.1. The number of likely N-dealkylation sites (tertiary alicyclic amines) is 1. The van der Waals surface area contributed by atoms with Gasteiger partial charge < -0.3 is 9.64 Å². The van der Waals surface area contributed by atoms with Crippen LogP contribution in [0.5, 0.6) is 5.75 Å². The van der Waals surface area contributed by atoms with E-state index in [-0.39, 0.29) is 4.90 Å². The molecule has 4 rings (SSSR count). The lowest BCUT2D eigenvalue weighted by atomic mass is 9.86. The standard InChI is InChI=1S/C21H22BrN3O3S/c22-17-3-5-18(6-4-17)29(26,27)24-8-1-9-25-12-16-14-28-21-7-2-15(11-23)10-19(21)20(16)13-25/h2-7,10,16,20,24H,1,8-9,12-14H2. The first-order chi connectivity index (χ1) is 14.0. The number of nitrogens with zero attached hydrogens (tertiary/aromatic N) is 2. The minimum atomic E-state index is -3.48. The molecule has 2 aromatic carbocycles. The van der Waals surface area contributed by atoms with Crippen molar-refractivity contribution in [3.63, 3.8) is 0 Å². The van der Waals surface area contributed by atoms with E-state index < -0.39 is 10.0 Å². The summed E-state index contributed by atoms with van der Waals surface area (Å²) in [5.41, 5.74) is 1.78. The van der Waals surface area contributed by atoms with Crippen molar-refractivity contribution < 1.29 is 13.2 Å². The van der Waals surface area contributed by atoms with Crippen molar-refractivity contribution in [3.05, 3.63) is 58.1 Å². The van der Waals surface area contributed by atoms with Crippen LogP contribution in [0.25, 0.3) is 0 Å². The predicted molar refractivity (Wildman–Crippen MR) is 113 cm³/mol. The summed E-state index contributed by atoms with van der Waals surface area (Å²) < 4.78 is 34.1. The van der Waals surface area contributed by atoms with E-state index in [4.69, 9.17) is 4.74 Å². The van der Waals surface area contributed by atoms with E-state index in [1.807, 2.05) is 12.1 Å². The summed E-state index contributed by atoms with van der Waals surface area (Å²) in [4.78, 5) is 2.63. The Bertz CT molecular complexity index is 1030. The number of benzene rings is 2. The summed E-state index contributed by atoms with van der Waals surface area (Å²) in [5.74, 6) is 1.66. The summed E-state index contributed by atoms with van der Waals surface area (Å²) in [6.07, 6.45) is 0.737. The maximum absolute atomic E-state index is 12.4. The van der Waals surface area contributed by atoms with Crippen LogP contribution < -0.4 is 9.46 Å². The molecule has 0 radical (unpaired) electrons. The summed E-state index contributed by atoms with van der Waals surface area (Å²) in [6, 6.07) is 14.5. The van der Waals surface area contributed by atoms with Crippen LogP contribution in [-0.2, 0) is 10.0 Å². The third-order valence-electron chi connectivity index (χ3n) is 5.58. The molecule has 8 heteroatoms. The fourth-order valence-corrected chi connectivity index (χ4v) is 5.45. The lowest BCUT2D eigenvalue weighted by Crippen LogP contribution is -2.29. The Hall–Kier alpha value is -1.92. The molecular weight excluding hydrogens is 454 g/mol. The van der Waals surface area contributed by atoms with E-state index in [0.717, 1.165) is 41.8 Å². The van der Waals surface area contributed by atoms with Gasteiger partial charge in [-0.2, -0.15) is 5.26 Å². The minimum absolute atomic E-state index is 0.273. The van der Waals surface area contributed by atoms with Crippen molar-refractivity contribution >= 4 is 26.0 Å². The molecule has 2 atom stereocenters. The molecule has 2 aliphatic rings. The summed E-state index contributed by atoms with van der Waals surface area (Å²) >= 11 is 3.31. The van der Waals surface area contributed by atoms with E-state index in [1.54, 1.807) is 30.3 Å². The number of ether oxygens (including phenoxy) is 1. The molecule has 2 unspecified atom stereocenters. The molecule has 0 aromatic heterocycles. The maximum Gasteiger partial charge on any atom is 0.240 e. The Morgan fingerprint density at radius 3 is 2.76 bits per heavy atom. The molecule has 152 valence electrons. The van der Waals surface area contributed by atoms with E-state index in [0.29, 0.717) is 30.6 Å². The first-order valence-corrected chi connectivity index (χ1v) is 11.9. The van der Waals surface area contributed by atoms with Crippen molar-refractivity contribution in [3.8, 4) is 11.8 Å². The van der Waals surface area contributed by atoms with Crippen LogP contribution in [-0.4, -0.2) is 46.1 Å². The van der Waals surface area contributed by atoms with Gasteiger partial charge >= 0.3 is 0 Å². The molecule has 0 amide bonds. The van der Waals surface area contributed by atoms with Crippen LogP contribution in [0.1, 0.15) is 23.5 Å². The second-order valence-electron chi connectivity index (χ2n) is 7.51. The van der Waals surface area contributed by atoms with E-state index in [1.165, 1.54) is 0 Å². The van der Waals surface area contributed by atoms with Crippen LogP contribution >= 0.6 is 15.9 Å². The third-order valence-corrected chi connectivity index (χ3v) is 7.58. The predicted octanol–water partition coefficient (Wildman–Crippen LogP) is 3.10. The summed E-state index contributed by atoms with van der Waals surface area (Å²) in [7, 11) is -3.48. The lowest BCUT2D eigenvalue weighted by Gasteiger charge is -2.27. The van der Waals surface area contributed by atoms with Crippen LogP contribution in [0.2, 0.25) is 0 Å². The zero-order valence-corrected chi connectivity index (χ0v) is 18.2. The monoisotopic (exact) mass is 475 g/mol. The highest BCUT2D eigenvalue weighted by Gasteiger charge is 2.38. The van der Waals surface area contributed by atoms with Gasteiger partial charge in [0, 0.05) is 41.5 Å². The van der Waals surface area contributed by atoms with Crippen molar-refractivity contribution in [1.29, 1.82) is 5.26 Å². The summed E-state index contributed by atoms with van der Waals surface area (Å²) in [5, 5.41) is 9.18. The first kappa shape index (κ1) is 20.4. The largest absolute Gasteiger partial charge is 0.493 e. The van der Waals surface area contributed by atoms with Gasteiger partial charge in [0.1, 0.15) is 5.75 Å². The molecule has 6 nitrogen and oxygen atoms in total. The van der Waals surface area contributed by atoms with Gasteiger partial charge in [0.05, 0.1) is 23.1 Å². The molecule has 0 aliphatic carbocycles. The Balaban J connectivity index is 1.31. The number of fused-ring (bicyclic) bond motifs is 3. The van der Waals surface area contributed by atoms with Crippen molar-refractivity contribution in [1.82, 2.24) is 9.62 Å². The Labute approximate surface area is 179 Å². The molecule has 2 heterocycles. The van der Waals surface area contributed by atoms with Crippen molar-refractivity contribution in [2.24, 2.45) is 5.92 Å². The van der Waals surface area contributed by atoms with E-state index in [2.05, 4.69) is 31.6 Å². The molecule has 2 aromatic rings. The van der Waals surface area contributed by atoms with E-state index >= 15 is 0 Å². The highest BCUT2D eigenvalue weighted by molar-refractivity contribution is 9.10. The van der Waals surface area contributed by atoms with Crippen LogP contribution in [0.4, 0.5) is 0 Å². The number of rotatable bonds is 6. The number of sulfonamides is 1. The van der Waals surface area contributed by atoms with Gasteiger partial charge in [-0.3, -0.25) is 0 Å². The first-order valence-electron chi connectivity index (χ1n) is 9.61. The van der Waals surface area contributed by atoms with Crippen LogP contribution in [0, 0.1) is 17.2 Å². The van der Waals surface area contributed by atoms with Crippen LogP contribution in [0.15, 0.2) is 51.8 Å². The molecule has 29 heavy (non-hydrogen) atoms. The average molecular weight is 476 g/mol. The van der Waals surface area contributed by atoms with E-state index in [9.17, 15) is 13.7 Å². The molecule has 1 fully saturated rings. The average Bonchev–Trinajstić information content (AvgIpc) is 3.15. The zero-order valence-electron chi connectivity index (χ0n) is 15.8. The lowest BCUT2D eigenvalue weighted by molar-refractivity contribution is 0.212. The molecule has 1 saturated heterocycles. The SMILES string of the molecule is N#Cc1ccc2c(c1)C1CN(CCCNS(=O)(=O)c3ccc(Br)cc3)CC1CO2. The van der Waals surface area contributed by atoms with Crippen molar-refractivity contribution in [2.75, 3.05) is 32.8 Å². The number of hydrogen-bond donors (Lipinski definition) is 1. The molecule has 1 N–H and O–H groups in total. The molecule has 0 spiro atoms. The third kappa shape index (κ3) is 4.48. The number of halogens is 1. The van der Waals surface area contributed by atoms with Gasteiger partial charge in [-0.1, -0.05) is 15.9 Å². The smallest absolute Gasteiger partial charge is 0.240 e. The van der Waals surface area contributed by atoms with Gasteiger partial charge in [-0.05, 0) is 55.4 Å². The van der Waals surface area contributed by atoms with Gasteiger partial charge in [0.2, 0.25) is 10.0 Å². The number of hydrogen-bond acceptors (Lipinski definition) is 5.